The average molecular weight is 330 g/mol. The second-order valence-corrected chi connectivity index (χ2v) is 5.09. The molecule has 0 bridgehead atoms. The summed E-state index contributed by atoms with van der Waals surface area (Å²) in [6, 6.07) is 5.51. The molecule has 0 aliphatic rings. The number of hydrogen-bond acceptors (Lipinski definition) is 4. The molecule has 106 valence electrons. The van der Waals surface area contributed by atoms with Crippen LogP contribution in [0, 0.1) is 0 Å². The molecule has 0 fully saturated rings. The van der Waals surface area contributed by atoms with Gasteiger partial charge in [0.05, 0.1) is 19.3 Å². The zero-order valence-corrected chi connectivity index (χ0v) is 13.2. The van der Waals surface area contributed by atoms with Gasteiger partial charge in [-0.2, -0.15) is 0 Å². The summed E-state index contributed by atoms with van der Waals surface area (Å²) in [6.45, 7) is 5.13. The van der Waals surface area contributed by atoms with Crippen LogP contribution in [0.25, 0.3) is 0 Å². The summed E-state index contributed by atoms with van der Waals surface area (Å²) >= 11 is 3.49. The highest BCUT2D eigenvalue weighted by atomic mass is 79.9. The minimum absolute atomic E-state index is 0.322. The van der Waals surface area contributed by atoms with Crippen LogP contribution in [0.4, 0.5) is 0 Å². The number of esters is 1. The number of ether oxygens (including phenoxy) is 2. The van der Waals surface area contributed by atoms with Gasteiger partial charge < -0.3 is 9.47 Å². The molecule has 0 heterocycles. The maximum Gasteiger partial charge on any atom is 0.337 e. The lowest BCUT2D eigenvalue weighted by Crippen LogP contribution is -2.23. The number of hydrogen-bond donors (Lipinski definition) is 0. The zero-order valence-electron chi connectivity index (χ0n) is 11.6. The van der Waals surface area contributed by atoms with E-state index in [1.54, 1.807) is 12.1 Å². The number of nitrogens with zero attached hydrogens (tertiary/aromatic N) is 1. The van der Waals surface area contributed by atoms with Crippen LogP contribution in [0.1, 0.15) is 22.8 Å². The molecule has 0 N–H and O–H groups in total. The maximum atomic E-state index is 11.4. The summed E-state index contributed by atoms with van der Waals surface area (Å²) in [5.41, 5.74) is 1.68. The summed E-state index contributed by atoms with van der Waals surface area (Å²) in [5, 5.41) is 0. The second-order valence-electron chi connectivity index (χ2n) is 4.23. The van der Waals surface area contributed by atoms with E-state index in [9.17, 15) is 4.79 Å². The van der Waals surface area contributed by atoms with Gasteiger partial charge >= 0.3 is 5.97 Å². The Kier molecular flexibility index (Phi) is 7.05. The number of methoxy groups -OCH3 is 1. The van der Waals surface area contributed by atoms with E-state index in [0.29, 0.717) is 5.56 Å². The maximum absolute atomic E-state index is 11.4. The van der Waals surface area contributed by atoms with Crippen molar-refractivity contribution in [2.24, 2.45) is 0 Å². The first kappa shape index (κ1) is 16.1. The molecule has 4 nitrogen and oxygen atoms in total. The Morgan fingerprint density at radius 1 is 1.42 bits per heavy atom. The standard InChI is InChI=1S/C14H20BrNO3/c1-4-19-8-7-16(2)10-12-6-5-11(9-13(12)15)14(17)18-3/h5-6,9H,4,7-8,10H2,1-3H3. The summed E-state index contributed by atoms with van der Waals surface area (Å²) in [5.74, 6) is -0.322. The molecule has 0 aliphatic carbocycles. The summed E-state index contributed by atoms with van der Waals surface area (Å²) in [7, 11) is 3.42. The van der Waals surface area contributed by atoms with E-state index in [4.69, 9.17) is 9.47 Å². The third-order valence-electron chi connectivity index (χ3n) is 2.74. The van der Waals surface area contributed by atoms with E-state index >= 15 is 0 Å². The van der Waals surface area contributed by atoms with Crippen LogP contribution in [0.2, 0.25) is 0 Å². The van der Waals surface area contributed by atoms with Gasteiger partial charge in [0.25, 0.3) is 0 Å². The number of carbonyl (C=O) groups excluding carboxylic acids is 1. The van der Waals surface area contributed by atoms with Crippen molar-refractivity contribution in [3.63, 3.8) is 0 Å². The molecule has 1 aromatic carbocycles. The van der Waals surface area contributed by atoms with Crippen LogP contribution in [0.5, 0.6) is 0 Å². The fraction of sp³-hybridized carbons (Fsp3) is 0.500. The number of benzene rings is 1. The van der Waals surface area contributed by atoms with E-state index in [-0.39, 0.29) is 5.97 Å². The molecule has 19 heavy (non-hydrogen) atoms. The number of carbonyl (C=O) groups is 1. The molecule has 5 heteroatoms. The van der Waals surface area contributed by atoms with E-state index in [2.05, 4.69) is 20.8 Å². The Hall–Kier alpha value is -0.910. The molecule has 0 radical (unpaired) electrons. The number of likely N-dealkylation sites (N-methyl/N-ethyl adjacent to an activating group) is 1. The third kappa shape index (κ3) is 5.30. The molecule has 0 spiro atoms. The van der Waals surface area contributed by atoms with Gasteiger partial charge in [-0.15, -0.1) is 0 Å². The van der Waals surface area contributed by atoms with Crippen molar-refractivity contribution in [2.45, 2.75) is 13.5 Å². The highest BCUT2D eigenvalue weighted by Crippen LogP contribution is 2.20. The minimum Gasteiger partial charge on any atom is -0.465 e. The summed E-state index contributed by atoms with van der Waals surface area (Å²) < 4.78 is 10.9. The topological polar surface area (TPSA) is 38.8 Å². The Bertz CT molecular complexity index is 423. The smallest absolute Gasteiger partial charge is 0.337 e. The van der Waals surface area contributed by atoms with E-state index in [0.717, 1.165) is 36.3 Å². The van der Waals surface area contributed by atoms with Crippen LogP contribution in [-0.4, -0.2) is 44.8 Å². The van der Waals surface area contributed by atoms with Crippen LogP contribution < -0.4 is 0 Å². The van der Waals surface area contributed by atoms with E-state index in [1.807, 2.05) is 20.0 Å². The molecule has 0 unspecified atom stereocenters. The number of halogens is 1. The van der Waals surface area contributed by atoms with Crippen molar-refractivity contribution in [1.29, 1.82) is 0 Å². The SMILES string of the molecule is CCOCCN(C)Cc1ccc(C(=O)OC)cc1Br. The van der Waals surface area contributed by atoms with Gasteiger partial charge in [-0.1, -0.05) is 22.0 Å². The molecular formula is C14H20BrNO3. The van der Waals surface area contributed by atoms with Gasteiger partial charge in [0, 0.05) is 24.2 Å². The molecule has 0 saturated carbocycles. The van der Waals surface area contributed by atoms with Crippen LogP contribution >= 0.6 is 15.9 Å². The second kappa shape index (κ2) is 8.30. The fourth-order valence-electron chi connectivity index (χ4n) is 1.65. The summed E-state index contributed by atoms with van der Waals surface area (Å²) in [6.07, 6.45) is 0. The predicted octanol–water partition coefficient (Wildman–Crippen LogP) is 2.70. The number of rotatable bonds is 7. The largest absolute Gasteiger partial charge is 0.465 e. The molecule has 0 amide bonds. The summed E-state index contributed by atoms with van der Waals surface area (Å²) in [4.78, 5) is 13.6. The normalized spacial score (nSPS) is 10.8. The first-order chi connectivity index (χ1) is 9.08. The van der Waals surface area contributed by atoms with Gasteiger partial charge in [-0.25, -0.2) is 4.79 Å². The highest BCUT2D eigenvalue weighted by molar-refractivity contribution is 9.10. The van der Waals surface area contributed by atoms with Crippen LogP contribution in [-0.2, 0) is 16.0 Å². The van der Waals surface area contributed by atoms with Crippen molar-refractivity contribution in [2.75, 3.05) is 33.9 Å². The Morgan fingerprint density at radius 2 is 2.16 bits per heavy atom. The Labute approximate surface area is 122 Å². The van der Waals surface area contributed by atoms with Crippen LogP contribution in [0.3, 0.4) is 0 Å². The van der Waals surface area contributed by atoms with Crippen molar-refractivity contribution < 1.29 is 14.3 Å². The molecule has 0 saturated heterocycles. The minimum atomic E-state index is -0.322. The van der Waals surface area contributed by atoms with E-state index < -0.39 is 0 Å². The Balaban J connectivity index is 2.61. The van der Waals surface area contributed by atoms with Gasteiger partial charge in [0.1, 0.15) is 0 Å². The first-order valence-electron chi connectivity index (χ1n) is 6.21. The van der Waals surface area contributed by atoms with Gasteiger partial charge in [0.15, 0.2) is 0 Å². The zero-order chi connectivity index (χ0) is 14.3. The average Bonchev–Trinajstić information content (AvgIpc) is 2.40. The molecule has 0 atom stereocenters. The van der Waals surface area contributed by atoms with E-state index in [1.165, 1.54) is 7.11 Å². The lowest BCUT2D eigenvalue weighted by Gasteiger charge is -2.17. The highest BCUT2D eigenvalue weighted by Gasteiger charge is 2.09. The van der Waals surface area contributed by atoms with Gasteiger partial charge in [-0.3, -0.25) is 4.90 Å². The predicted molar refractivity (Wildman–Crippen MR) is 78.3 cm³/mol. The van der Waals surface area contributed by atoms with Crippen molar-refractivity contribution >= 4 is 21.9 Å². The third-order valence-corrected chi connectivity index (χ3v) is 3.47. The lowest BCUT2D eigenvalue weighted by molar-refractivity contribution is 0.0600. The fourth-order valence-corrected chi connectivity index (χ4v) is 2.16. The molecular weight excluding hydrogens is 310 g/mol. The van der Waals surface area contributed by atoms with Gasteiger partial charge in [-0.05, 0) is 31.7 Å². The molecule has 1 rings (SSSR count). The van der Waals surface area contributed by atoms with Crippen LogP contribution in [0.15, 0.2) is 22.7 Å². The monoisotopic (exact) mass is 329 g/mol. The molecule has 1 aromatic rings. The van der Waals surface area contributed by atoms with Gasteiger partial charge in [0.2, 0.25) is 0 Å². The van der Waals surface area contributed by atoms with Crippen molar-refractivity contribution in [3.8, 4) is 0 Å². The quantitative estimate of drug-likeness (QED) is 0.569. The van der Waals surface area contributed by atoms with Crippen molar-refractivity contribution in [3.05, 3.63) is 33.8 Å². The first-order valence-corrected chi connectivity index (χ1v) is 7.00. The molecule has 0 aromatic heterocycles. The van der Waals surface area contributed by atoms with Crippen molar-refractivity contribution in [1.82, 2.24) is 4.90 Å². The lowest BCUT2D eigenvalue weighted by atomic mass is 10.1. The Morgan fingerprint density at radius 3 is 2.74 bits per heavy atom. The molecule has 0 aliphatic heterocycles.